The SMILES string of the molecule is CO[C@@H]1[C@H](OCc2ccccc2)[C@@H](O[C@H]2[C@H](OC)[C@H](OCc3ccccc3)[C@@H](O)O[C@@H]2COCc2ccccc2)O[C@H](COCc2ccccc2)[C@H]1O[Si](C)(C)C. The molecule has 308 valence electrons. The smallest absolute Gasteiger partial charge is 0.187 e. The molecular formula is C45H58O11Si. The largest absolute Gasteiger partial charge is 0.409 e. The van der Waals surface area contributed by atoms with Gasteiger partial charge in [-0.15, -0.1) is 0 Å². The van der Waals surface area contributed by atoms with E-state index in [-0.39, 0.29) is 26.4 Å². The molecule has 0 spiro atoms. The number of hydrogen-bond donors (Lipinski definition) is 1. The third-order valence-electron chi connectivity index (χ3n) is 9.88. The number of aliphatic hydroxyl groups is 1. The first-order valence-corrected chi connectivity index (χ1v) is 23.1. The van der Waals surface area contributed by atoms with Crippen LogP contribution < -0.4 is 0 Å². The highest BCUT2D eigenvalue weighted by Crippen LogP contribution is 2.36. The van der Waals surface area contributed by atoms with E-state index in [0.717, 1.165) is 22.3 Å². The lowest BCUT2D eigenvalue weighted by atomic mass is 9.96. The van der Waals surface area contributed by atoms with E-state index in [1.54, 1.807) is 14.2 Å². The van der Waals surface area contributed by atoms with Crippen molar-refractivity contribution in [2.24, 2.45) is 0 Å². The second kappa shape index (κ2) is 21.6. The van der Waals surface area contributed by atoms with Crippen LogP contribution in [0.5, 0.6) is 0 Å². The molecule has 2 saturated heterocycles. The summed E-state index contributed by atoms with van der Waals surface area (Å²) >= 11 is 0. The van der Waals surface area contributed by atoms with Gasteiger partial charge in [-0.05, 0) is 41.9 Å². The average Bonchev–Trinajstić information content (AvgIpc) is 3.22. The Labute approximate surface area is 338 Å². The molecule has 1 N–H and O–H groups in total. The van der Waals surface area contributed by atoms with Crippen molar-refractivity contribution in [3.8, 4) is 0 Å². The summed E-state index contributed by atoms with van der Waals surface area (Å²) in [5.41, 5.74) is 3.95. The summed E-state index contributed by atoms with van der Waals surface area (Å²) in [5.74, 6) is 0. The number of ether oxygens (including phenoxy) is 9. The molecule has 0 unspecified atom stereocenters. The normalized spacial score (nSPS) is 28.0. The van der Waals surface area contributed by atoms with Gasteiger partial charge in [0.15, 0.2) is 20.9 Å². The minimum absolute atomic E-state index is 0.0861. The van der Waals surface area contributed by atoms with E-state index in [0.29, 0.717) is 13.2 Å². The van der Waals surface area contributed by atoms with E-state index in [2.05, 4.69) is 19.6 Å². The van der Waals surface area contributed by atoms with Crippen molar-refractivity contribution in [2.75, 3.05) is 27.4 Å². The number of benzene rings is 4. The van der Waals surface area contributed by atoms with Gasteiger partial charge in [-0.25, -0.2) is 0 Å². The van der Waals surface area contributed by atoms with E-state index in [1.807, 2.05) is 121 Å². The minimum atomic E-state index is -2.17. The van der Waals surface area contributed by atoms with Crippen LogP contribution in [-0.4, -0.2) is 102 Å². The Morgan fingerprint density at radius 1 is 0.491 bits per heavy atom. The molecule has 0 aliphatic carbocycles. The average molecular weight is 803 g/mol. The zero-order chi connectivity index (χ0) is 40.0. The maximum Gasteiger partial charge on any atom is 0.187 e. The summed E-state index contributed by atoms with van der Waals surface area (Å²) in [6.07, 6.45) is -8.20. The van der Waals surface area contributed by atoms with Crippen LogP contribution in [0.25, 0.3) is 0 Å². The monoisotopic (exact) mass is 802 g/mol. The van der Waals surface area contributed by atoms with Crippen LogP contribution in [0, 0.1) is 0 Å². The summed E-state index contributed by atoms with van der Waals surface area (Å²) in [4.78, 5) is 0. The fourth-order valence-electron chi connectivity index (χ4n) is 7.18. The first-order valence-electron chi connectivity index (χ1n) is 19.6. The first-order chi connectivity index (χ1) is 27.7. The molecule has 2 aliphatic heterocycles. The first kappa shape index (κ1) is 43.2. The summed E-state index contributed by atoms with van der Waals surface area (Å²) in [7, 11) is 1.06. The van der Waals surface area contributed by atoms with E-state index in [4.69, 9.17) is 47.1 Å². The molecule has 0 saturated carbocycles. The summed E-state index contributed by atoms with van der Waals surface area (Å²) in [5, 5.41) is 11.4. The van der Waals surface area contributed by atoms with Gasteiger partial charge in [0.25, 0.3) is 0 Å². The Bertz CT molecular complexity index is 1700. The lowest BCUT2D eigenvalue weighted by Crippen LogP contribution is -2.66. The van der Waals surface area contributed by atoms with Gasteiger partial charge in [0.2, 0.25) is 0 Å². The fraction of sp³-hybridized carbons (Fsp3) is 0.467. The van der Waals surface area contributed by atoms with Crippen molar-refractivity contribution in [3.05, 3.63) is 144 Å². The number of hydrogen-bond acceptors (Lipinski definition) is 11. The molecule has 2 aliphatic rings. The van der Waals surface area contributed by atoms with E-state index >= 15 is 0 Å². The molecule has 0 bridgehead atoms. The zero-order valence-electron chi connectivity index (χ0n) is 33.6. The minimum Gasteiger partial charge on any atom is -0.409 e. The molecule has 0 aromatic heterocycles. The molecule has 11 nitrogen and oxygen atoms in total. The second-order valence-electron chi connectivity index (χ2n) is 15.3. The van der Waals surface area contributed by atoms with E-state index < -0.39 is 69.7 Å². The number of methoxy groups -OCH3 is 2. The van der Waals surface area contributed by atoms with Gasteiger partial charge in [0.05, 0.1) is 39.6 Å². The third-order valence-corrected chi connectivity index (χ3v) is 10.9. The summed E-state index contributed by atoms with van der Waals surface area (Å²) in [6.45, 7) is 7.90. The quantitative estimate of drug-likeness (QED) is 0.0968. The van der Waals surface area contributed by atoms with Crippen LogP contribution in [-0.2, 0) is 73.5 Å². The summed E-state index contributed by atoms with van der Waals surface area (Å²) in [6, 6.07) is 39.5. The molecule has 0 radical (unpaired) electrons. The van der Waals surface area contributed by atoms with Crippen LogP contribution >= 0.6 is 0 Å². The topological polar surface area (TPSA) is 113 Å². The molecule has 57 heavy (non-hydrogen) atoms. The van der Waals surface area contributed by atoms with E-state index in [1.165, 1.54) is 0 Å². The van der Waals surface area contributed by atoms with Gasteiger partial charge in [-0.2, -0.15) is 0 Å². The zero-order valence-corrected chi connectivity index (χ0v) is 34.6. The maximum atomic E-state index is 11.4. The van der Waals surface area contributed by atoms with Crippen LogP contribution in [0.2, 0.25) is 19.6 Å². The molecular weight excluding hydrogens is 745 g/mol. The highest BCUT2D eigenvalue weighted by Gasteiger charge is 2.54. The van der Waals surface area contributed by atoms with Gasteiger partial charge in [-0.3, -0.25) is 0 Å². The number of rotatable bonds is 20. The van der Waals surface area contributed by atoms with Crippen LogP contribution in [0.4, 0.5) is 0 Å². The predicted octanol–water partition coefficient (Wildman–Crippen LogP) is 6.67. The van der Waals surface area contributed by atoms with Gasteiger partial charge >= 0.3 is 0 Å². The molecule has 4 aromatic rings. The standard InChI is InChI=1S/C45H58O11Si/c1-47-40-38(36(30-49-26-32-18-10-6-11-19-32)53-44(46)42(40)51-28-34-22-14-8-15-23-34)55-45-43(52-29-35-24-16-9-17-25-35)41(48-2)39(56-57(3,4)5)37(54-45)31-50-27-33-20-12-7-13-21-33/h6-25,36-46H,26-31H2,1-5H3/t36-,37-,38-,39-,40+,41+,42+,43+,44+,45-/m1/s1. The molecule has 6 rings (SSSR count). The highest BCUT2D eigenvalue weighted by atomic mass is 28.4. The molecule has 10 atom stereocenters. The van der Waals surface area contributed by atoms with Crippen LogP contribution in [0.3, 0.4) is 0 Å². The maximum absolute atomic E-state index is 11.4. The van der Waals surface area contributed by atoms with Gasteiger partial charge in [0.1, 0.15) is 48.8 Å². The molecule has 12 heteroatoms. The summed E-state index contributed by atoms with van der Waals surface area (Å²) < 4.78 is 65.1. The van der Waals surface area contributed by atoms with Gasteiger partial charge < -0.3 is 52.2 Å². The lowest BCUT2D eigenvalue weighted by molar-refractivity contribution is -0.367. The van der Waals surface area contributed by atoms with Crippen molar-refractivity contribution >= 4 is 8.32 Å². The van der Waals surface area contributed by atoms with Crippen molar-refractivity contribution in [2.45, 2.75) is 107 Å². The third kappa shape index (κ3) is 12.6. The molecule has 2 fully saturated rings. The predicted molar refractivity (Wildman–Crippen MR) is 216 cm³/mol. The Morgan fingerprint density at radius 3 is 1.33 bits per heavy atom. The van der Waals surface area contributed by atoms with Crippen molar-refractivity contribution in [1.29, 1.82) is 0 Å². The highest BCUT2D eigenvalue weighted by molar-refractivity contribution is 6.69. The molecule has 0 amide bonds. The van der Waals surface area contributed by atoms with Crippen LogP contribution in [0.1, 0.15) is 22.3 Å². The Hall–Kier alpha value is -3.34. The lowest BCUT2D eigenvalue weighted by Gasteiger charge is -2.50. The Morgan fingerprint density at radius 2 is 0.895 bits per heavy atom. The second-order valence-corrected chi connectivity index (χ2v) is 19.8. The van der Waals surface area contributed by atoms with Crippen molar-refractivity contribution in [1.82, 2.24) is 0 Å². The van der Waals surface area contributed by atoms with Crippen molar-refractivity contribution in [3.63, 3.8) is 0 Å². The van der Waals surface area contributed by atoms with Gasteiger partial charge in [0, 0.05) is 14.2 Å². The van der Waals surface area contributed by atoms with Crippen LogP contribution in [0.15, 0.2) is 121 Å². The Kier molecular flexibility index (Phi) is 16.4. The molecule has 2 heterocycles. The number of aliphatic hydroxyl groups excluding tert-OH is 1. The Balaban J connectivity index is 1.30. The molecule has 4 aromatic carbocycles. The van der Waals surface area contributed by atoms with E-state index in [9.17, 15) is 5.11 Å². The van der Waals surface area contributed by atoms with Crippen molar-refractivity contribution < 1.29 is 52.2 Å². The van der Waals surface area contributed by atoms with Gasteiger partial charge in [-0.1, -0.05) is 121 Å². The fourth-order valence-corrected chi connectivity index (χ4v) is 8.28.